The lowest BCUT2D eigenvalue weighted by Gasteiger charge is -2.36. The minimum Gasteiger partial charge on any atom is -0.325 e. The zero-order valence-corrected chi connectivity index (χ0v) is 9.40. The Hall–Kier alpha value is -1.90. The molecule has 0 bridgehead atoms. The van der Waals surface area contributed by atoms with E-state index in [1.165, 1.54) is 0 Å². The number of allylic oxidation sites excluding steroid dienone is 1. The zero-order chi connectivity index (χ0) is 11.9. The van der Waals surface area contributed by atoms with E-state index in [9.17, 15) is 9.59 Å². The molecule has 1 aliphatic heterocycles. The minimum atomic E-state index is -0.512. The maximum Gasteiger partial charge on any atom is 0.234 e. The number of hydrogen-bond donors (Lipinski definition) is 1. The summed E-state index contributed by atoms with van der Waals surface area (Å²) in [5.41, 5.74) is 1.53. The Bertz CT molecular complexity index is 533. The summed E-state index contributed by atoms with van der Waals surface area (Å²) in [5.74, 6) is 0.127. The summed E-state index contributed by atoms with van der Waals surface area (Å²) in [6.07, 6.45) is 5.11. The van der Waals surface area contributed by atoms with Gasteiger partial charge in [-0.1, -0.05) is 24.3 Å². The van der Waals surface area contributed by atoms with Gasteiger partial charge in [-0.3, -0.25) is 9.59 Å². The van der Waals surface area contributed by atoms with E-state index < -0.39 is 5.41 Å². The highest BCUT2D eigenvalue weighted by Crippen LogP contribution is 2.40. The number of hydrogen-bond acceptors (Lipinski definition) is 2. The monoisotopic (exact) mass is 227 g/mol. The van der Waals surface area contributed by atoms with Crippen LogP contribution < -0.4 is 5.32 Å². The standard InChI is InChI=1S/C14H13NO2/c16-11-5-7-14(8-6-11)9-10-3-1-2-4-12(10)15-13(14)17/h1-5,7H,6,8-9H2,(H,15,17)/t14-/m0/s1. The van der Waals surface area contributed by atoms with Crippen LogP contribution in [0.4, 0.5) is 5.69 Å². The Morgan fingerprint density at radius 2 is 2.00 bits per heavy atom. The van der Waals surface area contributed by atoms with Crippen molar-refractivity contribution >= 4 is 17.4 Å². The molecule has 0 unspecified atom stereocenters. The fourth-order valence-corrected chi connectivity index (χ4v) is 2.57. The summed E-state index contributed by atoms with van der Waals surface area (Å²) in [6.45, 7) is 0. The third-order valence-corrected chi connectivity index (χ3v) is 3.63. The Balaban J connectivity index is 2.02. The third-order valence-electron chi connectivity index (χ3n) is 3.63. The molecule has 1 aliphatic carbocycles. The summed E-state index contributed by atoms with van der Waals surface area (Å²) in [7, 11) is 0. The van der Waals surface area contributed by atoms with E-state index >= 15 is 0 Å². The van der Waals surface area contributed by atoms with Crippen molar-refractivity contribution in [3.63, 3.8) is 0 Å². The van der Waals surface area contributed by atoms with E-state index in [1.54, 1.807) is 12.2 Å². The van der Waals surface area contributed by atoms with Gasteiger partial charge in [-0.2, -0.15) is 0 Å². The Labute approximate surface area is 99.5 Å². The molecule has 17 heavy (non-hydrogen) atoms. The number of carbonyl (C=O) groups excluding carboxylic acids is 2. The largest absolute Gasteiger partial charge is 0.325 e. The molecule has 1 aromatic rings. The molecule has 1 N–H and O–H groups in total. The zero-order valence-electron chi connectivity index (χ0n) is 9.40. The number of para-hydroxylation sites is 1. The van der Waals surface area contributed by atoms with Gasteiger partial charge in [0.1, 0.15) is 0 Å². The summed E-state index contributed by atoms with van der Waals surface area (Å²) in [5, 5.41) is 2.93. The molecule has 1 heterocycles. The molecule has 3 rings (SSSR count). The van der Waals surface area contributed by atoms with Crippen molar-refractivity contribution in [3.8, 4) is 0 Å². The fourth-order valence-electron chi connectivity index (χ4n) is 2.57. The van der Waals surface area contributed by atoms with Gasteiger partial charge in [-0.15, -0.1) is 0 Å². The van der Waals surface area contributed by atoms with Crippen LogP contribution in [-0.4, -0.2) is 11.7 Å². The molecule has 86 valence electrons. The van der Waals surface area contributed by atoms with E-state index in [2.05, 4.69) is 5.32 Å². The molecule has 0 fully saturated rings. The summed E-state index contributed by atoms with van der Waals surface area (Å²) in [6, 6.07) is 7.83. The molecule has 1 spiro atoms. The Morgan fingerprint density at radius 1 is 1.18 bits per heavy atom. The predicted octanol–water partition coefficient (Wildman–Crippen LogP) is 2.09. The van der Waals surface area contributed by atoms with Gasteiger partial charge in [0, 0.05) is 12.1 Å². The maximum absolute atomic E-state index is 12.2. The molecular weight excluding hydrogens is 214 g/mol. The first-order valence-corrected chi connectivity index (χ1v) is 5.81. The van der Waals surface area contributed by atoms with Gasteiger partial charge >= 0.3 is 0 Å². The summed E-state index contributed by atoms with van der Waals surface area (Å²) in [4.78, 5) is 23.4. The Morgan fingerprint density at radius 3 is 2.76 bits per heavy atom. The molecule has 0 saturated heterocycles. The van der Waals surface area contributed by atoms with Gasteiger partial charge in [-0.05, 0) is 30.5 Å². The van der Waals surface area contributed by atoms with E-state index in [0.717, 1.165) is 11.3 Å². The lowest BCUT2D eigenvalue weighted by atomic mass is 9.71. The van der Waals surface area contributed by atoms with Crippen LogP contribution in [0.3, 0.4) is 0 Å². The van der Waals surface area contributed by atoms with Crippen LogP contribution in [0.5, 0.6) is 0 Å². The summed E-state index contributed by atoms with van der Waals surface area (Å²) < 4.78 is 0. The smallest absolute Gasteiger partial charge is 0.234 e. The SMILES string of the molecule is O=C1C=C[C@]2(CC1)Cc1ccccc1NC2=O. The van der Waals surface area contributed by atoms with Gasteiger partial charge in [0.2, 0.25) is 5.91 Å². The van der Waals surface area contributed by atoms with Gasteiger partial charge in [0.25, 0.3) is 0 Å². The highest BCUT2D eigenvalue weighted by atomic mass is 16.2. The van der Waals surface area contributed by atoms with Crippen molar-refractivity contribution in [2.45, 2.75) is 19.3 Å². The molecule has 1 aromatic carbocycles. The normalized spacial score (nSPS) is 26.8. The fraction of sp³-hybridized carbons (Fsp3) is 0.286. The van der Waals surface area contributed by atoms with Crippen LogP contribution in [0.25, 0.3) is 0 Å². The average molecular weight is 227 g/mol. The number of rotatable bonds is 0. The molecule has 0 radical (unpaired) electrons. The lowest BCUT2D eigenvalue weighted by Crippen LogP contribution is -2.42. The van der Waals surface area contributed by atoms with Gasteiger partial charge < -0.3 is 5.32 Å². The van der Waals surface area contributed by atoms with E-state index in [0.29, 0.717) is 19.3 Å². The molecule has 0 saturated carbocycles. The molecule has 1 amide bonds. The average Bonchev–Trinajstić information content (AvgIpc) is 2.34. The number of fused-ring (bicyclic) bond motifs is 1. The van der Waals surface area contributed by atoms with Crippen molar-refractivity contribution in [3.05, 3.63) is 42.0 Å². The van der Waals surface area contributed by atoms with Crippen molar-refractivity contribution in [1.82, 2.24) is 0 Å². The van der Waals surface area contributed by atoms with E-state index in [1.807, 2.05) is 24.3 Å². The number of carbonyl (C=O) groups is 2. The number of nitrogens with one attached hydrogen (secondary N) is 1. The van der Waals surface area contributed by atoms with Crippen LogP contribution in [-0.2, 0) is 16.0 Å². The van der Waals surface area contributed by atoms with Crippen LogP contribution >= 0.6 is 0 Å². The van der Waals surface area contributed by atoms with Crippen LogP contribution in [0.2, 0.25) is 0 Å². The van der Waals surface area contributed by atoms with Crippen LogP contribution in [0.15, 0.2) is 36.4 Å². The topological polar surface area (TPSA) is 46.2 Å². The van der Waals surface area contributed by atoms with Gasteiger partial charge in [0.05, 0.1) is 5.41 Å². The summed E-state index contributed by atoms with van der Waals surface area (Å²) >= 11 is 0. The first-order chi connectivity index (χ1) is 8.20. The van der Waals surface area contributed by atoms with Crippen LogP contribution in [0.1, 0.15) is 18.4 Å². The molecule has 3 heteroatoms. The molecule has 3 nitrogen and oxygen atoms in total. The Kier molecular flexibility index (Phi) is 2.15. The quantitative estimate of drug-likeness (QED) is 0.737. The number of ketones is 1. The van der Waals surface area contributed by atoms with Crippen molar-refractivity contribution in [1.29, 1.82) is 0 Å². The second kappa shape index (κ2) is 3.55. The maximum atomic E-state index is 12.2. The predicted molar refractivity (Wildman–Crippen MR) is 64.6 cm³/mol. The number of amides is 1. The number of anilines is 1. The molecule has 2 aliphatic rings. The molecule has 1 atom stereocenters. The van der Waals surface area contributed by atoms with Crippen molar-refractivity contribution < 1.29 is 9.59 Å². The molecular formula is C14H13NO2. The van der Waals surface area contributed by atoms with E-state index in [-0.39, 0.29) is 11.7 Å². The second-order valence-corrected chi connectivity index (χ2v) is 4.74. The van der Waals surface area contributed by atoms with E-state index in [4.69, 9.17) is 0 Å². The highest BCUT2D eigenvalue weighted by Gasteiger charge is 2.41. The highest BCUT2D eigenvalue weighted by molar-refractivity contribution is 6.02. The molecule has 0 aromatic heterocycles. The first kappa shape index (κ1) is 10.3. The van der Waals surface area contributed by atoms with Gasteiger partial charge in [-0.25, -0.2) is 0 Å². The van der Waals surface area contributed by atoms with Crippen molar-refractivity contribution in [2.24, 2.45) is 5.41 Å². The van der Waals surface area contributed by atoms with Crippen molar-refractivity contribution in [2.75, 3.05) is 5.32 Å². The number of benzene rings is 1. The lowest BCUT2D eigenvalue weighted by molar-refractivity contribution is -0.125. The second-order valence-electron chi connectivity index (χ2n) is 4.74. The first-order valence-electron chi connectivity index (χ1n) is 5.81. The minimum absolute atomic E-state index is 0.0138. The van der Waals surface area contributed by atoms with Gasteiger partial charge in [0.15, 0.2) is 5.78 Å². The van der Waals surface area contributed by atoms with Crippen LogP contribution in [0, 0.1) is 5.41 Å². The third kappa shape index (κ3) is 1.58.